The predicted molar refractivity (Wildman–Crippen MR) is 76.1 cm³/mol. The van der Waals surface area contributed by atoms with Crippen LogP contribution < -0.4 is 5.32 Å². The summed E-state index contributed by atoms with van der Waals surface area (Å²) in [7, 11) is 2.25. The maximum Gasteiger partial charge on any atom is 0.320 e. The number of carbonyl (C=O) groups excluding carboxylic acids is 1. The Morgan fingerprint density at radius 3 is 2.37 bits per heavy atom. The van der Waals surface area contributed by atoms with E-state index in [-0.39, 0.29) is 11.6 Å². The molecule has 19 heavy (non-hydrogen) atoms. The summed E-state index contributed by atoms with van der Waals surface area (Å²) < 4.78 is 5.33. The Balaban J connectivity index is 1.77. The Labute approximate surface area is 116 Å². The first-order valence-corrected chi connectivity index (χ1v) is 7.52. The van der Waals surface area contributed by atoms with Gasteiger partial charge in [0.25, 0.3) is 0 Å². The number of ether oxygens (including phenoxy) is 1. The third kappa shape index (κ3) is 4.18. The number of hydrogen-bond acceptors (Lipinski definition) is 4. The first kappa shape index (κ1) is 14.8. The first-order chi connectivity index (χ1) is 8.85. The molecule has 4 heteroatoms. The lowest BCUT2D eigenvalue weighted by Gasteiger charge is -2.47. The maximum absolute atomic E-state index is 11.7. The highest BCUT2D eigenvalue weighted by molar-refractivity contribution is 5.72. The molecule has 0 spiro atoms. The van der Waals surface area contributed by atoms with Gasteiger partial charge in [0.1, 0.15) is 5.60 Å². The summed E-state index contributed by atoms with van der Waals surface area (Å²) in [6.45, 7) is 6.06. The monoisotopic (exact) mass is 268 g/mol. The van der Waals surface area contributed by atoms with Crippen LogP contribution in [0.25, 0.3) is 0 Å². The van der Waals surface area contributed by atoms with Gasteiger partial charge in [0.05, 0.1) is 6.54 Å². The number of hydrogen-bond donors (Lipinski definition) is 1. The second kappa shape index (κ2) is 5.80. The van der Waals surface area contributed by atoms with Crippen molar-refractivity contribution in [3.8, 4) is 0 Å². The van der Waals surface area contributed by atoms with Crippen LogP contribution in [0.2, 0.25) is 0 Å². The SMILES string of the molecule is CN1C2CCCC1CC(NCC(=O)OC(C)(C)C)C2. The summed E-state index contributed by atoms with van der Waals surface area (Å²) in [4.78, 5) is 14.3. The van der Waals surface area contributed by atoms with Gasteiger partial charge in [-0.15, -0.1) is 0 Å². The number of nitrogens with zero attached hydrogens (tertiary/aromatic N) is 1. The summed E-state index contributed by atoms with van der Waals surface area (Å²) in [5.74, 6) is -0.142. The van der Waals surface area contributed by atoms with E-state index in [1.165, 1.54) is 19.3 Å². The molecule has 2 bridgehead atoms. The molecule has 2 fully saturated rings. The Bertz CT molecular complexity index is 311. The molecule has 1 N–H and O–H groups in total. The lowest BCUT2D eigenvalue weighted by molar-refractivity contribution is -0.153. The van der Waals surface area contributed by atoms with E-state index in [9.17, 15) is 4.79 Å². The third-order valence-electron chi connectivity index (χ3n) is 4.29. The highest BCUT2D eigenvalue weighted by atomic mass is 16.6. The Morgan fingerprint density at radius 1 is 1.26 bits per heavy atom. The van der Waals surface area contributed by atoms with E-state index in [0.717, 1.165) is 12.8 Å². The van der Waals surface area contributed by atoms with Crippen molar-refractivity contribution in [2.75, 3.05) is 13.6 Å². The van der Waals surface area contributed by atoms with Gasteiger partial charge in [-0.05, 0) is 53.5 Å². The molecule has 2 atom stereocenters. The zero-order chi connectivity index (χ0) is 14.0. The average molecular weight is 268 g/mol. The molecule has 0 radical (unpaired) electrons. The zero-order valence-electron chi connectivity index (χ0n) is 12.7. The van der Waals surface area contributed by atoms with Crippen LogP contribution in [0.4, 0.5) is 0 Å². The Morgan fingerprint density at radius 2 is 1.84 bits per heavy atom. The van der Waals surface area contributed by atoms with Crippen molar-refractivity contribution >= 4 is 5.97 Å². The molecule has 2 unspecified atom stereocenters. The Kier molecular flexibility index (Phi) is 4.51. The second-order valence-corrected chi connectivity index (χ2v) is 7.04. The zero-order valence-corrected chi connectivity index (χ0v) is 12.7. The maximum atomic E-state index is 11.7. The van der Waals surface area contributed by atoms with Gasteiger partial charge in [-0.1, -0.05) is 6.42 Å². The molecule has 2 aliphatic rings. The van der Waals surface area contributed by atoms with Gasteiger partial charge in [-0.25, -0.2) is 0 Å². The number of carbonyl (C=O) groups is 1. The van der Waals surface area contributed by atoms with Crippen LogP contribution in [0.1, 0.15) is 52.9 Å². The van der Waals surface area contributed by atoms with E-state index in [0.29, 0.717) is 24.7 Å². The fourth-order valence-electron chi connectivity index (χ4n) is 3.39. The van der Waals surface area contributed by atoms with Crippen molar-refractivity contribution in [3.63, 3.8) is 0 Å². The molecule has 2 rings (SSSR count). The van der Waals surface area contributed by atoms with E-state index in [4.69, 9.17) is 4.74 Å². The molecular weight excluding hydrogens is 240 g/mol. The molecule has 0 saturated carbocycles. The summed E-state index contributed by atoms with van der Waals surface area (Å²) in [5, 5.41) is 3.39. The van der Waals surface area contributed by atoms with Crippen molar-refractivity contribution in [2.45, 2.75) is 76.6 Å². The van der Waals surface area contributed by atoms with Gasteiger partial charge in [0.15, 0.2) is 0 Å². The summed E-state index contributed by atoms with van der Waals surface area (Å²) in [6.07, 6.45) is 6.29. The number of fused-ring (bicyclic) bond motifs is 2. The van der Waals surface area contributed by atoms with Crippen LogP contribution in [-0.4, -0.2) is 48.2 Å². The van der Waals surface area contributed by atoms with Crippen LogP contribution >= 0.6 is 0 Å². The molecule has 0 aromatic rings. The van der Waals surface area contributed by atoms with Gasteiger partial charge in [0.2, 0.25) is 0 Å². The van der Waals surface area contributed by atoms with Crippen LogP contribution in [0, 0.1) is 0 Å². The van der Waals surface area contributed by atoms with Gasteiger partial charge >= 0.3 is 5.97 Å². The molecule has 110 valence electrons. The molecule has 0 amide bonds. The van der Waals surface area contributed by atoms with Gasteiger partial charge in [0, 0.05) is 18.1 Å². The smallest absolute Gasteiger partial charge is 0.320 e. The lowest BCUT2D eigenvalue weighted by Crippen LogP contribution is -2.55. The van der Waals surface area contributed by atoms with Crippen LogP contribution in [0.5, 0.6) is 0 Å². The quantitative estimate of drug-likeness (QED) is 0.794. The normalized spacial score (nSPS) is 32.1. The molecule has 0 aromatic heterocycles. The molecule has 0 aromatic carbocycles. The highest BCUT2D eigenvalue weighted by Gasteiger charge is 2.35. The van der Waals surface area contributed by atoms with Gasteiger partial charge < -0.3 is 15.0 Å². The fraction of sp³-hybridized carbons (Fsp3) is 0.933. The van der Waals surface area contributed by atoms with Crippen molar-refractivity contribution < 1.29 is 9.53 Å². The van der Waals surface area contributed by atoms with E-state index < -0.39 is 0 Å². The van der Waals surface area contributed by atoms with Crippen LogP contribution in [0.3, 0.4) is 0 Å². The molecule has 0 aliphatic carbocycles. The van der Waals surface area contributed by atoms with Crippen molar-refractivity contribution in [3.05, 3.63) is 0 Å². The van der Waals surface area contributed by atoms with E-state index >= 15 is 0 Å². The molecule has 4 nitrogen and oxygen atoms in total. The van der Waals surface area contributed by atoms with Gasteiger partial charge in [-0.2, -0.15) is 0 Å². The molecule has 2 aliphatic heterocycles. The van der Waals surface area contributed by atoms with Crippen molar-refractivity contribution in [2.24, 2.45) is 0 Å². The average Bonchev–Trinajstić information content (AvgIpc) is 2.24. The predicted octanol–water partition coefficient (Wildman–Crippen LogP) is 1.93. The van der Waals surface area contributed by atoms with Crippen LogP contribution in [0.15, 0.2) is 0 Å². The fourth-order valence-corrected chi connectivity index (χ4v) is 3.39. The number of rotatable bonds is 3. The highest BCUT2D eigenvalue weighted by Crippen LogP contribution is 2.32. The van der Waals surface area contributed by atoms with Gasteiger partial charge in [-0.3, -0.25) is 4.79 Å². The van der Waals surface area contributed by atoms with Crippen LogP contribution in [-0.2, 0) is 9.53 Å². The summed E-state index contributed by atoms with van der Waals surface area (Å²) >= 11 is 0. The minimum absolute atomic E-state index is 0.142. The third-order valence-corrected chi connectivity index (χ3v) is 4.29. The van der Waals surface area contributed by atoms with E-state index in [2.05, 4.69) is 17.3 Å². The van der Waals surface area contributed by atoms with Crippen molar-refractivity contribution in [1.82, 2.24) is 10.2 Å². The topological polar surface area (TPSA) is 41.6 Å². The molecular formula is C15H28N2O2. The Hall–Kier alpha value is -0.610. The lowest BCUT2D eigenvalue weighted by atomic mass is 9.82. The minimum Gasteiger partial charge on any atom is -0.459 e. The molecule has 2 saturated heterocycles. The van der Waals surface area contributed by atoms with Crippen molar-refractivity contribution in [1.29, 1.82) is 0 Å². The number of piperidine rings is 2. The van der Waals surface area contributed by atoms with E-state index in [1.54, 1.807) is 0 Å². The summed E-state index contributed by atoms with van der Waals surface area (Å²) in [6, 6.07) is 1.87. The molecule has 2 heterocycles. The number of nitrogens with one attached hydrogen (secondary N) is 1. The minimum atomic E-state index is -0.387. The standard InChI is InChI=1S/C15H28N2O2/c1-15(2,3)19-14(18)10-16-11-8-12-6-5-7-13(9-11)17(12)4/h11-13,16H,5-10H2,1-4H3. The second-order valence-electron chi connectivity index (χ2n) is 7.04. The summed E-state index contributed by atoms with van der Waals surface area (Å²) in [5.41, 5.74) is -0.387. The number of esters is 1. The largest absolute Gasteiger partial charge is 0.459 e. The first-order valence-electron chi connectivity index (χ1n) is 7.52. The van der Waals surface area contributed by atoms with E-state index in [1.807, 2.05) is 20.8 Å².